The van der Waals surface area contributed by atoms with Gasteiger partial charge in [0.05, 0.1) is 0 Å². The van der Waals surface area contributed by atoms with Crippen LogP contribution in [0.4, 0.5) is 5.69 Å². The van der Waals surface area contributed by atoms with Gasteiger partial charge in [0, 0.05) is 17.1 Å². The molecule has 1 aromatic carbocycles. The first kappa shape index (κ1) is 18.1. The maximum atomic E-state index is 12.9. The molecule has 134 valence electrons. The van der Waals surface area contributed by atoms with Crippen LogP contribution in [-0.2, 0) is 14.8 Å². The minimum absolute atomic E-state index is 0.263. The van der Waals surface area contributed by atoms with Crippen molar-refractivity contribution in [3.05, 3.63) is 46.3 Å². The molecule has 25 heavy (non-hydrogen) atoms. The van der Waals surface area contributed by atoms with Gasteiger partial charge in [0.2, 0.25) is 5.91 Å². The van der Waals surface area contributed by atoms with Crippen LogP contribution in [0.5, 0.6) is 0 Å². The van der Waals surface area contributed by atoms with Crippen LogP contribution >= 0.6 is 11.3 Å². The Morgan fingerprint density at radius 1 is 1.20 bits per heavy atom. The minimum Gasteiger partial charge on any atom is -0.324 e. The summed E-state index contributed by atoms with van der Waals surface area (Å²) in [6.07, 6.45) is 1.23. The average Bonchev–Trinajstić information content (AvgIpc) is 3.19. The third-order valence-electron chi connectivity index (χ3n) is 4.42. The van der Waals surface area contributed by atoms with Gasteiger partial charge in [0.1, 0.15) is 10.3 Å². The van der Waals surface area contributed by atoms with Crippen molar-refractivity contribution < 1.29 is 13.2 Å². The number of hydrogen-bond donors (Lipinski definition) is 1. The molecule has 1 fully saturated rings. The summed E-state index contributed by atoms with van der Waals surface area (Å²) in [5, 5.41) is 2.90. The first-order valence-corrected chi connectivity index (χ1v) is 10.5. The lowest BCUT2D eigenvalue weighted by Gasteiger charge is -2.23. The van der Waals surface area contributed by atoms with E-state index >= 15 is 0 Å². The third-order valence-corrected chi connectivity index (χ3v) is 7.80. The Hall–Kier alpha value is -1.70. The fourth-order valence-corrected chi connectivity index (χ4v) is 6.20. The van der Waals surface area contributed by atoms with Gasteiger partial charge in [0.25, 0.3) is 10.0 Å². The molecule has 0 spiro atoms. The maximum absolute atomic E-state index is 12.9. The van der Waals surface area contributed by atoms with Gasteiger partial charge in [-0.05, 0) is 57.4 Å². The highest BCUT2D eigenvalue weighted by atomic mass is 32.2. The Kier molecular flexibility index (Phi) is 4.99. The van der Waals surface area contributed by atoms with E-state index in [1.807, 2.05) is 39.0 Å². The Morgan fingerprint density at radius 3 is 2.60 bits per heavy atom. The van der Waals surface area contributed by atoms with Crippen molar-refractivity contribution in [2.45, 2.75) is 43.9 Å². The normalized spacial score (nSPS) is 18.4. The number of sulfonamides is 1. The van der Waals surface area contributed by atoms with Crippen LogP contribution < -0.4 is 5.32 Å². The number of rotatable bonds is 4. The van der Waals surface area contributed by atoms with Crippen molar-refractivity contribution in [2.75, 3.05) is 11.9 Å². The van der Waals surface area contributed by atoms with Gasteiger partial charge in [-0.2, -0.15) is 4.31 Å². The summed E-state index contributed by atoms with van der Waals surface area (Å²) in [6.45, 7) is 6.18. The molecule has 1 amide bonds. The molecule has 7 heteroatoms. The average molecular weight is 379 g/mol. The van der Waals surface area contributed by atoms with E-state index in [9.17, 15) is 13.2 Å². The molecule has 1 aromatic heterocycles. The predicted molar refractivity (Wildman–Crippen MR) is 101 cm³/mol. The molecule has 0 radical (unpaired) electrons. The van der Waals surface area contributed by atoms with E-state index in [0.717, 1.165) is 21.7 Å². The molecule has 1 saturated heterocycles. The van der Waals surface area contributed by atoms with Crippen molar-refractivity contribution in [1.82, 2.24) is 4.31 Å². The van der Waals surface area contributed by atoms with Crippen LogP contribution in [0.25, 0.3) is 0 Å². The lowest BCUT2D eigenvalue weighted by Crippen LogP contribution is -2.42. The lowest BCUT2D eigenvalue weighted by molar-refractivity contribution is -0.119. The standard InChI is InChI=1S/C18H22N2O3S2/c1-12-6-8-15(13(2)11-12)19-18(21)16-5-4-10-20(16)25(22,23)17-9-7-14(3)24-17/h6-9,11,16H,4-5,10H2,1-3H3,(H,19,21)/t16-/m1/s1. The van der Waals surface area contributed by atoms with Crippen LogP contribution in [0.15, 0.2) is 34.5 Å². The number of nitrogens with zero attached hydrogens (tertiary/aromatic N) is 1. The van der Waals surface area contributed by atoms with Gasteiger partial charge in [0.15, 0.2) is 0 Å². The summed E-state index contributed by atoms with van der Waals surface area (Å²) in [5.41, 5.74) is 2.81. The van der Waals surface area contributed by atoms with Gasteiger partial charge < -0.3 is 5.32 Å². The molecule has 0 saturated carbocycles. The van der Waals surface area contributed by atoms with Crippen LogP contribution in [0.2, 0.25) is 0 Å². The van der Waals surface area contributed by atoms with Crippen molar-refractivity contribution in [1.29, 1.82) is 0 Å². The van der Waals surface area contributed by atoms with Crippen LogP contribution in [0.1, 0.15) is 28.8 Å². The molecule has 0 bridgehead atoms. The van der Waals surface area contributed by atoms with E-state index in [-0.39, 0.29) is 5.91 Å². The monoisotopic (exact) mass is 378 g/mol. The zero-order valence-corrected chi connectivity index (χ0v) is 16.2. The topological polar surface area (TPSA) is 66.5 Å². The van der Waals surface area contributed by atoms with Crippen molar-refractivity contribution in [3.8, 4) is 0 Å². The molecule has 1 N–H and O–H groups in total. The zero-order chi connectivity index (χ0) is 18.2. The summed E-state index contributed by atoms with van der Waals surface area (Å²) < 4.78 is 27.4. The van der Waals surface area contributed by atoms with Crippen LogP contribution in [-0.4, -0.2) is 31.2 Å². The number of carbonyl (C=O) groups excluding carboxylic acids is 1. The number of benzene rings is 1. The Bertz CT molecular complexity index is 903. The van der Waals surface area contributed by atoms with E-state index in [1.54, 1.807) is 12.1 Å². The highest BCUT2D eigenvalue weighted by Gasteiger charge is 2.40. The zero-order valence-electron chi connectivity index (χ0n) is 14.6. The Morgan fingerprint density at radius 2 is 1.96 bits per heavy atom. The second-order valence-corrected chi connectivity index (χ2v) is 9.85. The Balaban J connectivity index is 1.82. The highest BCUT2D eigenvalue weighted by Crippen LogP contribution is 2.31. The van der Waals surface area contributed by atoms with Crippen molar-refractivity contribution in [3.63, 3.8) is 0 Å². The first-order valence-electron chi connectivity index (χ1n) is 8.25. The van der Waals surface area contributed by atoms with Gasteiger partial charge in [-0.3, -0.25) is 4.79 Å². The number of carbonyl (C=O) groups is 1. The van der Waals surface area contributed by atoms with Gasteiger partial charge in [-0.25, -0.2) is 8.42 Å². The molecule has 2 heterocycles. The lowest BCUT2D eigenvalue weighted by atomic mass is 10.1. The molecule has 2 aromatic rings. The maximum Gasteiger partial charge on any atom is 0.253 e. The summed E-state index contributed by atoms with van der Waals surface area (Å²) in [4.78, 5) is 13.7. The number of anilines is 1. The fourth-order valence-electron chi connectivity index (χ4n) is 3.13. The fraction of sp³-hybridized carbons (Fsp3) is 0.389. The van der Waals surface area contributed by atoms with Crippen molar-refractivity contribution in [2.24, 2.45) is 0 Å². The number of aryl methyl sites for hydroxylation is 3. The van der Waals surface area contributed by atoms with Crippen LogP contribution in [0, 0.1) is 20.8 Å². The quantitative estimate of drug-likeness (QED) is 0.886. The first-order chi connectivity index (χ1) is 11.8. The highest BCUT2D eigenvalue weighted by molar-refractivity contribution is 7.91. The molecule has 0 unspecified atom stereocenters. The summed E-state index contributed by atoms with van der Waals surface area (Å²) >= 11 is 1.24. The smallest absolute Gasteiger partial charge is 0.253 e. The van der Waals surface area contributed by atoms with Crippen molar-refractivity contribution >= 4 is 33.0 Å². The minimum atomic E-state index is -3.63. The molecular weight excluding hydrogens is 356 g/mol. The second-order valence-electron chi connectivity index (χ2n) is 6.45. The van der Waals surface area contributed by atoms with E-state index < -0.39 is 16.1 Å². The molecule has 1 aliphatic rings. The Labute approximate surface area is 152 Å². The summed E-state index contributed by atoms with van der Waals surface area (Å²) in [5.74, 6) is -0.263. The molecule has 3 rings (SSSR count). The molecule has 1 atom stereocenters. The summed E-state index contributed by atoms with van der Waals surface area (Å²) in [6, 6.07) is 8.53. The van der Waals surface area contributed by atoms with Gasteiger partial charge >= 0.3 is 0 Å². The van der Waals surface area contributed by atoms with E-state index in [4.69, 9.17) is 0 Å². The number of nitrogens with one attached hydrogen (secondary N) is 1. The number of thiophene rings is 1. The molecule has 5 nitrogen and oxygen atoms in total. The van der Waals surface area contributed by atoms with Gasteiger partial charge in [-0.1, -0.05) is 17.7 Å². The summed E-state index contributed by atoms with van der Waals surface area (Å²) in [7, 11) is -3.63. The molecule has 1 aliphatic heterocycles. The SMILES string of the molecule is Cc1ccc(NC(=O)[C@H]2CCCN2S(=O)(=O)c2ccc(C)s2)c(C)c1. The van der Waals surface area contributed by atoms with Crippen LogP contribution in [0.3, 0.4) is 0 Å². The van der Waals surface area contributed by atoms with E-state index in [1.165, 1.54) is 15.6 Å². The van der Waals surface area contributed by atoms with E-state index in [2.05, 4.69) is 5.32 Å². The van der Waals surface area contributed by atoms with E-state index in [0.29, 0.717) is 23.6 Å². The largest absolute Gasteiger partial charge is 0.324 e. The molecule has 0 aliphatic carbocycles. The predicted octanol–water partition coefficient (Wildman–Crippen LogP) is 3.47. The third kappa shape index (κ3) is 3.63. The second kappa shape index (κ2) is 6.90. The van der Waals surface area contributed by atoms with Gasteiger partial charge in [-0.15, -0.1) is 11.3 Å². The number of amides is 1. The molecular formula is C18H22N2O3S2. The number of hydrogen-bond acceptors (Lipinski definition) is 4.